The van der Waals surface area contributed by atoms with Gasteiger partial charge in [-0.3, -0.25) is 4.79 Å². The van der Waals surface area contributed by atoms with E-state index in [1.807, 2.05) is 13.8 Å². The third-order valence-electron chi connectivity index (χ3n) is 2.99. The Morgan fingerprint density at radius 2 is 2.06 bits per heavy atom. The predicted octanol–water partition coefficient (Wildman–Crippen LogP) is 1.05. The SMILES string of the molecule is CC(C)NC(COCC1CCCC1)C(N)=O. The van der Waals surface area contributed by atoms with Crippen LogP contribution in [0.4, 0.5) is 0 Å². The van der Waals surface area contributed by atoms with Crippen LogP contribution in [0.2, 0.25) is 0 Å². The van der Waals surface area contributed by atoms with Gasteiger partial charge in [0.05, 0.1) is 6.61 Å². The van der Waals surface area contributed by atoms with Crippen LogP contribution in [-0.2, 0) is 9.53 Å². The van der Waals surface area contributed by atoms with Gasteiger partial charge in [-0.05, 0) is 18.8 Å². The number of hydrogen-bond donors (Lipinski definition) is 2. The van der Waals surface area contributed by atoms with Crippen LogP contribution in [0, 0.1) is 5.92 Å². The van der Waals surface area contributed by atoms with E-state index in [1.54, 1.807) is 0 Å². The first kappa shape index (κ1) is 13.5. The van der Waals surface area contributed by atoms with Crippen LogP contribution < -0.4 is 11.1 Å². The Morgan fingerprint density at radius 1 is 1.44 bits per heavy atom. The average Bonchev–Trinajstić information content (AvgIpc) is 2.68. The van der Waals surface area contributed by atoms with Crippen molar-refractivity contribution >= 4 is 5.91 Å². The van der Waals surface area contributed by atoms with Crippen molar-refractivity contribution in [3.05, 3.63) is 0 Å². The Labute approximate surface area is 97.9 Å². The van der Waals surface area contributed by atoms with Gasteiger partial charge in [0.25, 0.3) is 0 Å². The van der Waals surface area contributed by atoms with E-state index < -0.39 is 0 Å². The molecule has 0 aromatic carbocycles. The molecule has 0 aromatic rings. The van der Waals surface area contributed by atoms with Crippen LogP contribution >= 0.6 is 0 Å². The first-order chi connectivity index (χ1) is 7.59. The molecule has 1 aliphatic rings. The molecular weight excluding hydrogens is 204 g/mol. The van der Waals surface area contributed by atoms with E-state index in [1.165, 1.54) is 25.7 Å². The molecule has 0 heterocycles. The van der Waals surface area contributed by atoms with Crippen LogP contribution in [0.5, 0.6) is 0 Å². The Morgan fingerprint density at radius 3 is 2.56 bits per heavy atom. The van der Waals surface area contributed by atoms with Crippen molar-refractivity contribution in [3.63, 3.8) is 0 Å². The van der Waals surface area contributed by atoms with Gasteiger partial charge >= 0.3 is 0 Å². The number of nitrogens with one attached hydrogen (secondary N) is 1. The zero-order valence-electron chi connectivity index (χ0n) is 10.4. The van der Waals surface area contributed by atoms with Crippen LogP contribution in [0.3, 0.4) is 0 Å². The molecule has 1 saturated carbocycles. The lowest BCUT2D eigenvalue weighted by Gasteiger charge is -2.19. The molecule has 1 rings (SSSR count). The van der Waals surface area contributed by atoms with Gasteiger partial charge in [-0.15, -0.1) is 0 Å². The zero-order valence-corrected chi connectivity index (χ0v) is 10.4. The summed E-state index contributed by atoms with van der Waals surface area (Å²) in [5.74, 6) is 0.354. The largest absolute Gasteiger partial charge is 0.379 e. The Balaban J connectivity index is 2.18. The summed E-state index contributed by atoms with van der Waals surface area (Å²) >= 11 is 0. The second kappa shape index (κ2) is 6.86. The van der Waals surface area contributed by atoms with E-state index in [4.69, 9.17) is 10.5 Å². The van der Waals surface area contributed by atoms with Gasteiger partial charge in [0.15, 0.2) is 0 Å². The minimum atomic E-state index is -0.360. The maximum atomic E-state index is 11.1. The highest BCUT2D eigenvalue weighted by Gasteiger charge is 2.19. The highest BCUT2D eigenvalue weighted by molar-refractivity contribution is 5.80. The Hall–Kier alpha value is -0.610. The smallest absolute Gasteiger partial charge is 0.236 e. The monoisotopic (exact) mass is 228 g/mol. The third-order valence-corrected chi connectivity index (χ3v) is 2.99. The minimum Gasteiger partial charge on any atom is -0.379 e. The summed E-state index contributed by atoms with van der Waals surface area (Å²) in [6, 6.07) is -0.117. The van der Waals surface area contributed by atoms with Crippen LogP contribution in [0.25, 0.3) is 0 Å². The number of rotatable bonds is 7. The number of nitrogens with two attached hydrogens (primary N) is 1. The summed E-state index contributed by atoms with van der Waals surface area (Å²) in [6.45, 7) is 5.15. The zero-order chi connectivity index (χ0) is 12.0. The Kier molecular flexibility index (Phi) is 5.77. The number of carbonyl (C=O) groups excluding carboxylic acids is 1. The molecular formula is C12H24N2O2. The number of ether oxygens (including phenoxy) is 1. The van der Waals surface area contributed by atoms with E-state index in [9.17, 15) is 4.79 Å². The summed E-state index contributed by atoms with van der Waals surface area (Å²) in [5.41, 5.74) is 5.30. The first-order valence-electron chi connectivity index (χ1n) is 6.22. The van der Waals surface area contributed by atoms with Gasteiger partial charge in [0.2, 0.25) is 5.91 Å². The summed E-state index contributed by atoms with van der Waals surface area (Å²) in [4.78, 5) is 11.1. The molecule has 1 aliphatic carbocycles. The van der Waals surface area contributed by atoms with Crippen molar-refractivity contribution in [3.8, 4) is 0 Å². The van der Waals surface area contributed by atoms with E-state index in [-0.39, 0.29) is 18.0 Å². The second-order valence-corrected chi connectivity index (χ2v) is 4.96. The fourth-order valence-electron chi connectivity index (χ4n) is 2.14. The summed E-state index contributed by atoms with van der Waals surface area (Å²) in [6.07, 6.45) is 5.16. The lowest BCUT2D eigenvalue weighted by molar-refractivity contribution is -0.121. The Bertz CT molecular complexity index is 213. The fraction of sp³-hybridized carbons (Fsp3) is 0.917. The predicted molar refractivity (Wildman–Crippen MR) is 64.0 cm³/mol. The fourth-order valence-corrected chi connectivity index (χ4v) is 2.14. The molecule has 1 unspecified atom stereocenters. The molecule has 4 nitrogen and oxygen atoms in total. The quantitative estimate of drug-likeness (QED) is 0.684. The van der Waals surface area contributed by atoms with Crippen molar-refractivity contribution in [2.75, 3.05) is 13.2 Å². The van der Waals surface area contributed by atoms with Crippen molar-refractivity contribution in [2.24, 2.45) is 11.7 Å². The maximum Gasteiger partial charge on any atom is 0.236 e. The van der Waals surface area contributed by atoms with E-state index in [2.05, 4.69) is 5.32 Å². The molecule has 1 fully saturated rings. The number of hydrogen-bond acceptors (Lipinski definition) is 3. The van der Waals surface area contributed by atoms with Crippen LogP contribution in [0.15, 0.2) is 0 Å². The van der Waals surface area contributed by atoms with Gasteiger partial charge in [0, 0.05) is 12.6 Å². The number of carbonyl (C=O) groups is 1. The molecule has 94 valence electrons. The number of primary amides is 1. The highest BCUT2D eigenvalue weighted by Crippen LogP contribution is 2.24. The van der Waals surface area contributed by atoms with Crippen molar-refractivity contribution in [1.29, 1.82) is 0 Å². The summed E-state index contributed by atoms with van der Waals surface area (Å²) in [5, 5.41) is 3.11. The van der Waals surface area contributed by atoms with Gasteiger partial charge in [-0.25, -0.2) is 0 Å². The first-order valence-corrected chi connectivity index (χ1v) is 6.22. The lowest BCUT2D eigenvalue weighted by Crippen LogP contribution is -2.47. The molecule has 0 saturated heterocycles. The third kappa shape index (κ3) is 4.94. The van der Waals surface area contributed by atoms with Gasteiger partial charge in [-0.2, -0.15) is 0 Å². The molecule has 4 heteroatoms. The minimum absolute atomic E-state index is 0.243. The molecule has 0 bridgehead atoms. The molecule has 0 aliphatic heterocycles. The van der Waals surface area contributed by atoms with Crippen LogP contribution in [0.1, 0.15) is 39.5 Å². The molecule has 1 atom stereocenters. The van der Waals surface area contributed by atoms with Gasteiger partial charge < -0.3 is 15.8 Å². The molecule has 1 amide bonds. The normalized spacial score (nSPS) is 19.2. The van der Waals surface area contributed by atoms with Crippen molar-refractivity contribution in [2.45, 2.75) is 51.6 Å². The maximum absolute atomic E-state index is 11.1. The van der Waals surface area contributed by atoms with Crippen molar-refractivity contribution in [1.82, 2.24) is 5.32 Å². The molecule has 0 aromatic heterocycles. The molecule has 16 heavy (non-hydrogen) atoms. The molecule has 0 spiro atoms. The van der Waals surface area contributed by atoms with E-state index in [0.29, 0.717) is 12.5 Å². The van der Waals surface area contributed by atoms with Crippen LogP contribution in [-0.4, -0.2) is 31.2 Å². The van der Waals surface area contributed by atoms with Gasteiger partial charge in [0.1, 0.15) is 6.04 Å². The van der Waals surface area contributed by atoms with E-state index in [0.717, 1.165) is 6.61 Å². The highest BCUT2D eigenvalue weighted by atomic mass is 16.5. The summed E-state index contributed by atoms with van der Waals surface area (Å²) < 4.78 is 5.58. The van der Waals surface area contributed by atoms with Crippen molar-refractivity contribution < 1.29 is 9.53 Å². The van der Waals surface area contributed by atoms with E-state index >= 15 is 0 Å². The van der Waals surface area contributed by atoms with Gasteiger partial charge in [-0.1, -0.05) is 26.7 Å². The average molecular weight is 228 g/mol. The summed E-state index contributed by atoms with van der Waals surface area (Å²) in [7, 11) is 0. The topological polar surface area (TPSA) is 64.3 Å². The standard InChI is InChI=1S/C12H24N2O2/c1-9(2)14-11(12(13)15)8-16-7-10-5-3-4-6-10/h9-11,14H,3-8H2,1-2H3,(H2,13,15). The molecule has 0 radical (unpaired) electrons. The lowest BCUT2D eigenvalue weighted by atomic mass is 10.1. The second-order valence-electron chi connectivity index (χ2n) is 4.96. The molecule has 3 N–H and O–H groups in total. The number of amides is 1.